The molecule has 5 nitrogen and oxygen atoms in total. The van der Waals surface area contributed by atoms with Crippen LogP contribution in [-0.2, 0) is 19.1 Å². The van der Waals surface area contributed by atoms with E-state index in [4.69, 9.17) is 4.74 Å². The van der Waals surface area contributed by atoms with E-state index in [9.17, 15) is 14.4 Å². The highest BCUT2D eigenvalue weighted by Gasteiger charge is 2.66. The summed E-state index contributed by atoms with van der Waals surface area (Å²) in [5.41, 5.74) is -0.0191. The molecule has 0 radical (unpaired) electrons. The highest BCUT2D eigenvalue weighted by Crippen LogP contribution is 2.61. The zero-order chi connectivity index (χ0) is 18.2. The van der Waals surface area contributed by atoms with E-state index < -0.39 is 0 Å². The van der Waals surface area contributed by atoms with Crippen molar-refractivity contribution in [3.63, 3.8) is 0 Å². The van der Waals surface area contributed by atoms with Crippen molar-refractivity contribution in [2.75, 3.05) is 14.1 Å². The molecule has 2 fully saturated rings. The van der Waals surface area contributed by atoms with E-state index >= 15 is 0 Å². The maximum atomic E-state index is 11.6. The lowest BCUT2D eigenvalue weighted by atomic mass is 9.70. The van der Waals surface area contributed by atoms with E-state index in [0.717, 1.165) is 12.8 Å². The predicted molar refractivity (Wildman–Crippen MR) is 88.7 cm³/mol. The van der Waals surface area contributed by atoms with Crippen LogP contribution in [0.25, 0.3) is 0 Å². The summed E-state index contributed by atoms with van der Waals surface area (Å²) in [6, 6.07) is 0. The van der Waals surface area contributed by atoms with Gasteiger partial charge in [0.1, 0.15) is 0 Å². The molecule has 3 unspecified atom stereocenters. The summed E-state index contributed by atoms with van der Waals surface area (Å²) in [4.78, 5) is 35.7. The van der Waals surface area contributed by atoms with Crippen LogP contribution in [0.2, 0.25) is 0 Å². The quantitative estimate of drug-likeness (QED) is 0.346. The lowest BCUT2D eigenvalue weighted by Crippen LogP contribution is -2.33. The van der Waals surface area contributed by atoms with E-state index in [1.165, 1.54) is 0 Å². The number of rotatable bonds is 3. The Bertz CT molecular complexity index is 535. The molecule has 0 aliphatic heterocycles. The number of fused-ring (bicyclic) bond motifs is 2. The Morgan fingerprint density at radius 3 is 2.09 bits per heavy atom. The van der Waals surface area contributed by atoms with Crippen LogP contribution in [0.5, 0.6) is 0 Å². The maximum absolute atomic E-state index is 11.6. The fourth-order valence-electron chi connectivity index (χ4n) is 3.16. The zero-order valence-corrected chi connectivity index (χ0v) is 15.4. The highest BCUT2D eigenvalue weighted by molar-refractivity contribution is 6.43. The third-order valence-electron chi connectivity index (χ3n) is 5.62. The van der Waals surface area contributed by atoms with Crippen LogP contribution in [-0.4, -0.2) is 42.8 Å². The molecule has 0 heterocycles. The molecule has 0 aromatic heterocycles. The minimum absolute atomic E-state index is 0.00926. The summed E-state index contributed by atoms with van der Waals surface area (Å²) in [6.45, 7) is 13.0. The van der Waals surface area contributed by atoms with Crippen molar-refractivity contribution >= 4 is 17.5 Å². The van der Waals surface area contributed by atoms with Crippen molar-refractivity contribution in [1.29, 1.82) is 0 Å². The van der Waals surface area contributed by atoms with E-state index in [1.807, 2.05) is 34.9 Å². The number of esters is 1. The van der Waals surface area contributed by atoms with Crippen LogP contribution in [0.15, 0.2) is 12.2 Å². The third-order valence-corrected chi connectivity index (χ3v) is 5.62. The first-order chi connectivity index (χ1) is 10.4. The van der Waals surface area contributed by atoms with Crippen molar-refractivity contribution in [2.45, 2.75) is 53.7 Å². The summed E-state index contributed by atoms with van der Waals surface area (Å²) in [5.74, 6) is -0.571. The summed E-state index contributed by atoms with van der Waals surface area (Å²) < 4.78 is 4.96. The Morgan fingerprint density at radius 1 is 1.30 bits per heavy atom. The Labute approximate surface area is 139 Å². The molecule has 130 valence electrons. The minimum atomic E-state index is -0.352. The van der Waals surface area contributed by atoms with Crippen LogP contribution in [0.1, 0.15) is 47.5 Å². The van der Waals surface area contributed by atoms with E-state index in [2.05, 4.69) is 6.58 Å². The molecule has 23 heavy (non-hydrogen) atoms. The highest BCUT2D eigenvalue weighted by atomic mass is 16.6. The molecule has 0 aromatic rings. The number of Topliss-reactive ketones (excluding diaryl/α,β-unsaturated/α-hetero) is 2. The second kappa shape index (κ2) is 6.56. The zero-order valence-electron chi connectivity index (χ0n) is 15.4. The molecule has 2 saturated carbocycles. The standard InChI is InChI=1S/C10H14O2.C8H15NO2/c1-9(2)6-4-5-10(9,3)8(12)7(6)11;1-6(2)8(10)11-7(3)9(4)5/h6H,4-5H2,1-3H3;7H,1H2,2-5H3. The molecular weight excluding hydrogens is 294 g/mol. The van der Waals surface area contributed by atoms with Crippen molar-refractivity contribution in [2.24, 2.45) is 16.7 Å². The Kier molecular flexibility index (Phi) is 5.57. The molecular formula is C18H29NO4. The summed E-state index contributed by atoms with van der Waals surface area (Å²) in [6.07, 6.45) is 1.61. The van der Waals surface area contributed by atoms with Gasteiger partial charge in [-0.3, -0.25) is 14.5 Å². The van der Waals surface area contributed by atoms with Crippen molar-refractivity contribution in [3.8, 4) is 0 Å². The second-order valence-corrected chi connectivity index (χ2v) is 7.59. The van der Waals surface area contributed by atoms with Crippen molar-refractivity contribution < 1.29 is 19.1 Å². The monoisotopic (exact) mass is 323 g/mol. The maximum Gasteiger partial charge on any atom is 0.334 e. The minimum Gasteiger partial charge on any atom is -0.443 e. The normalized spacial score (nSPS) is 29.1. The molecule has 2 aliphatic carbocycles. The average Bonchev–Trinajstić information content (AvgIpc) is 2.74. The van der Waals surface area contributed by atoms with Gasteiger partial charge in [0.15, 0.2) is 6.23 Å². The number of hydrogen-bond acceptors (Lipinski definition) is 5. The first-order valence-corrected chi connectivity index (χ1v) is 7.97. The van der Waals surface area contributed by atoms with Gasteiger partial charge >= 0.3 is 5.97 Å². The molecule has 2 bridgehead atoms. The SMILES string of the molecule is C=C(C)C(=O)OC(C)N(C)C.CC12CCC(C(=O)C1=O)C2(C)C. The molecule has 0 N–H and O–H groups in total. The topological polar surface area (TPSA) is 63.7 Å². The van der Waals surface area contributed by atoms with Crippen LogP contribution in [0.3, 0.4) is 0 Å². The number of ketones is 2. The molecule has 0 amide bonds. The number of carbonyl (C=O) groups is 3. The Balaban J connectivity index is 0.000000232. The number of nitrogens with zero attached hydrogens (tertiary/aromatic N) is 1. The molecule has 2 aliphatic rings. The van der Waals surface area contributed by atoms with Crippen LogP contribution in [0.4, 0.5) is 0 Å². The summed E-state index contributed by atoms with van der Waals surface area (Å²) >= 11 is 0. The summed E-state index contributed by atoms with van der Waals surface area (Å²) in [5, 5.41) is 0. The fourth-order valence-corrected chi connectivity index (χ4v) is 3.16. The summed E-state index contributed by atoms with van der Waals surface area (Å²) in [7, 11) is 3.69. The number of carbonyl (C=O) groups excluding carboxylic acids is 3. The molecule has 2 rings (SSSR count). The average molecular weight is 323 g/mol. The molecule has 0 saturated heterocycles. The third kappa shape index (κ3) is 3.39. The van der Waals surface area contributed by atoms with Gasteiger partial charge in [0.05, 0.1) is 0 Å². The number of hydrogen-bond donors (Lipinski definition) is 0. The molecule has 0 spiro atoms. The van der Waals surface area contributed by atoms with E-state index in [0.29, 0.717) is 5.57 Å². The first-order valence-electron chi connectivity index (χ1n) is 7.97. The van der Waals surface area contributed by atoms with Crippen LogP contribution < -0.4 is 0 Å². The first kappa shape index (κ1) is 19.6. The lowest BCUT2D eigenvalue weighted by molar-refractivity contribution is -0.150. The van der Waals surface area contributed by atoms with Crippen molar-refractivity contribution in [3.05, 3.63) is 12.2 Å². The lowest BCUT2D eigenvalue weighted by Gasteiger charge is -2.31. The van der Waals surface area contributed by atoms with Gasteiger partial charge in [-0.05, 0) is 46.2 Å². The Morgan fingerprint density at radius 2 is 1.83 bits per heavy atom. The van der Waals surface area contributed by atoms with Gasteiger partial charge < -0.3 is 4.74 Å². The van der Waals surface area contributed by atoms with Gasteiger partial charge in [-0.1, -0.05) is 27.4 Å². The van der Waals surface area contributed by atoms with Crippen molar-refractivity contribution in [1.82, 2.24) is 4.90 Å². The molecule has 0 aromatic carbocycles. The van der Waals surface area contributed by atoms with Gasteiger partial charge in [-0.15, -0.1) is 0 Å². The smallest absolute Gasteiger partial charge is 0.334 e. The predicted octanol–water partition coefficient (Wildman–Crippen LogP) is 2.59. The van der Waals surface area contributed by atoms with Gasteiger partial charge in [-0.25, -0.2) is 4.79 Å². The van der Waals surface area contributed by atoms with Gasteiger partial charge in [0.25, 0.3) is 0 Å². The molecule has 5 heteroatoms. The van der Waals surface area contributed by atoms with E-state index in [-0.39, 0.29) is 40.5 Å². The van der Waals surface area contributed by atoms with E-state index in [1.54, 1.807) is 18.7 Å². The fraction of sp³-hybridized carbons (Fsp3) is 0.722. The van der Waals surface area contributed by atoms with Crippen LogP contribution >= 0.6 is 0 Å². The Hall–Kier alpha value is -1.49. The van der Waals surface area contributed by atoms with Gasteiger partial charge in [-0.2, -0.15) is 0 Å². The second-order valence-electron chi connectivity index (χ2n) is 7.59. The number of ether oxygens (including phenoxy) is 1. The van der Waals surface area contributed by atoms with Crippen LogP contribution in [0, 0.1) is 16.7 Å². The van der Waals surface area contributed by atoms with Gasteiger partial charge in [0, 0.05) is 16.9 Å². The molecule has 3 atom stereocenters. The van der Waals surface area contributed by atoms with Gasteiger partial charge in [0.2, 0.25) is 11.6 Å². The largest absolute Gasteiger partial charge is 0.443 e.